The zero-order valence-electron chi connectivity index (χ0n) is 19.9. The molecule has 3 heterocycles. The van der Waals surface area contributed by atoms with Crippen molar-refractivity contribution < 1.29 is 4.74 Å². The van der Waals surface area contributed by atoms with Crippen LogP contribution in [-0.4, -0.2) is 25.2 Å². The number of ether oxygens (including phenoxy) is 1. The van der Waals surface area contributed by atoms with Crippen LogP contribution in [0.4, 0.5) is 11.6 Å². The maximum atomic E-state index is 13.4. The maximum absolute atomic E-state index is 13.4. The monoisotopic (exact) mass is 459 g/mol. The Bertz CT molecular complexity index is 1450. The second-order valence-electron chi connectivity index (χ2n) is 9.47. The molecule has 1 aliphatic rings. The molecule has 5 rings (SSSR count). The number of aromatic nitrogens is 4. The fourth-order valence-electron chi connectivity index (χ4n) is 4.57. The molecule has 0 unspecified atom stereocenters. The van der Waals surface area contributed by atoms with Gasteiger partial charge in [-0.1, -0.05) is 39.0 Å². The molecule has 8 nitrogen and oxygen atoms in total. The van der Waals surface area contributed by atoms with E-state index < -0.39 is 0 Å². The molecule has 34 heavy (non-hydrogen) atoms. The molecule has 0 bridgehead atoms. The van der Waals surface area contributed by atoms with Crippen LogP contribution in [0.15, 0.2) is 64.2 Å². The Labute approximate surface area is 197 Å². The number of hydrogen-bond acceptors (Lipinski definition) is 5. The van der Waals surface area contributed by atoms with E-state index in [9.17, 15) is 9.59 Å². The number of benzene rings is 2. The summed E-state index contributed by atoms with van der Waals surface area (Å²) in [5.74, 6) is 2.67. The summed E-state index contributed by atoms with van der Waals surface area (Å²) in [6, 6.07) is 17.5. The van der Waals surface area contributed by atoms with Crippen LogP contribution in [0.5, 0.6) is 11.5 Å². The third-order valence-electron chi connectivity index (χ3n) is 6.12. The highest BCUT2D eigenvalue weighted by Crippen LogP contribution is 2.34. The van der Waals surface area contributed by atoms with Gasteiger partial charge in [-0.2, -0.15) is 4.98 Å². The van der Waals surface area contributed by atoms with E-state index >= 15 is 0 Å². The van der Waals surface area contributed by atoms with Gasteiger partial charge >= 0.3 is 5.69 Å². The van der Waals surface area contributed by atoms with E-state index in [4.69, 9.17) is 9.72 Å². The van der Waals surface area contributed by atoms with Crippen molar-refractivity contribution in [3.05, 3.63) is 75.4 Å². The number of aryl methyl sites for hydroxylation is 1. The lowest BCUT2D eigenvalue weighted by atomic mass is 10.1. The second-order valence-corrected chi connectivity index (χ2v) is 9.47. The van der Waals surface area contributed by atoms with Gasteiger partial charge in [0.2, 0.25) is 5.95 Å². The summed E-state index contributed by atoms with van der Waals surface area (Å²) >= 11 is 0. The molecular formula is C26H29N5O3. The molecule has 0 fully saturated rings. The van der Waals surface area contributed by atoms with Gasteiger partial charge in [0, 0.05) is 32.4 Å². The van der Waals surface area contributed by atoms with E-state index in [0.717, 1.165) is 23.7 Å². The number of anilines is 2. The Balaban J connectivity index is 1.58. The topological polar surface area (TPSA) is 74.3 Å². The summed E-state index contributed by atoms with van der Waals surface area (Å²) in [6.07, 6.45) is 0. The fourth-order valence-corrected chi connectivity index (χ4v) is 4.57. The standard InChI is InChI=1S/C26H29N5O3/c1-17(2)14-31-24(32)22-23(28(4)26(31)33)27-25-29(15-18(3)16-30(22)25)19-10-12-21(13-11-19)34-20-8-6-5-7-9-20/h5-13,17-18H,14-16H2,1-4H3/t18-/m1/s1. The van der Waals surface area contributed by atoms with E-state index in [0.29, 0.717) is 36.1 Å². The van der Waals surface area contributed by atoms with Crippen molar-refractivity contribution in [3.63, 3.8) is 0 Å². The average Bonchev–Trinajstić information content (AvgIpc) is 3.20. The highest BCUT2D eigenvalue weighted by Gasteiger charge is 2.30. The van der Waals surface area contributed by atoms with Crippen molar-refractivity contribution >= 4 is 22.8 Å². The molecule has 0 saturated heterocycles. The molecule has 8 heteroatoms. The Kier molecular flexibility index (Phi) is 5.51. The smallest absolute Gasteiger partial charge is 0.332 e. The molecule has 0 saturated carbocycles. The van der Waals surface area contributed by atoms with Crippen molar-refractivity contribution in [1.82, 2.24) is 18.7 Å². The predicted molar refractivity (Wildman–Crippen MR) is 133 cm³/mol. The zero-order chi connectivity index (χ0) is 24.0. The van der Waals surface area contributed by atoms with E-state index in [2.05, 4.69) is 11.8 Å². The highest BCUT2D eigenvalue weighted by atomic mass is 16.5. The molecule has 1 aliphatic heterocycles. The van der Waals surface area contributed by atoms with Crippen molar-refractivity contribution in [2.45, 2.75) is 33.9 Å². The lowest BCUT2D eigenvalue weighted by Gasteiger charge is -2.33. The molecule has 0 radical (unpaired) electrons. The van der Waals surface area contributed by atoms with Crippen LogP contribution in [0.25, 0.3) is 11.2 Å². The van der Waals surface area contributed by atoms with Gasteiger partial charge in [0.15, 0.2) is 11.2 Å². The quantitative estimate of drug-likeness (QED) is 0.449. The first kappa shape index (κ1) is 22.0. The van der Waals surface area contributed by atoms with Crippen molar-refractivity contribution in [2.24, 2.45) is 18.9 Å². The predicted octanol–water partition coefficient (Wildman–Crippen LogP) is 4.13. The summed E-state index contributed by atoms with van der Waals surface area (Å²) in [6.45, 7) is 7.96. The minimum absolute atomic E-state index is 0.179. The van der Waals surface area contributed by atoms with Crippen LogP contribution in [0, 0.1) is 11.8 Å². The van der Waals surface area contributed by atoms with Gasteiger partial charge in [-0.3, -0.25) is 13.9 Å². The number of fused-ring (bicyclic) bond motifs is 3. The summed E-state index contributed by atoms with van der Waals surface area (Å²) in [7, 11) is 1.68. The molecule has 1 atom stereocenters. The SMILES string of the molecule is CC(C)Cn1c(=O)c2c(nc3n2C[C@H](C)CN3c2ccc(Oc3ccccc3)cc2)n(C)c1=O. The third-order valence-corrected chi connectivity index (χ3v) is 6.12. The Morgan fingerprint density at radius 3 is 2.35 bits per heavy atom. The first-order valence-corrected chi connectivity index (χ1v) is 11.6. The first-order valence-electron chi connectivity index (χ1n) is 11.6. The van der Waals surface area contributed by atoms with Gasteiger partial charge in [-0.15, -0.1) is 0 Å². The van der Waals surface area contributed by atoms with Crippen molar-refractivity contribution in [1.29, 1.82) is 0 Å². The minimum Gasteiger partial charge on any atom is -0.457 e. The average molecular weight is 460 g/mol. The molecule has 0 amide bonds. The van der Waals surface area contributed by atoms with E-state index in [1.54, 1.807) is 7.05 Å². The van der Waals surface area contributed by atoms with Gasteiger partial charge < -0.3 is 14.2 Å². The van der Waals surface area contributed by atoms with Crippen LogP contribution < -0.4 is 20.9 Å². The van der Waals surface area contributed by atoms with Gasteiger partial charge in [0.05, 0.1) is 0 Å². The second kappa shape index (κ2) is 8.52. The summed E-state index contributed by atoms with van der Waals surface area (Å²) in [4.78, 5) is 33.2. The van der Waals surface area contributed by atoms with Gasteiger partial charge in [0.25, 0.3) is 5.56 Å². The largest absolute Gasteiger partial charge is 0.457 e. The van der Waals surface area contributed by atoms with Crippen LogP contribution in [0.2, 0.25) is 0 Å². The van der Waals surface area contributed by atoms with Gasteiger partial charge in [-0.05, 0) is 48.2 Å². The normalized spacial score (nSPS) is 15.7. The molecule has 4 aromatic rings. The molecule has 0 N–H and O–H groups in total. The van der Waals surface area contributed by atoms with Crippen LogP contribution in [0.3, 0.4) is 0 Å². The lowest BCUT2D eigenvalue weighted by Crippen LogP contribution is -2.41. The zero-order valence-corrected chi connectivity index (χ0v) is 19.9. The van der Waals surface area contributed by atoms with Gasteiger partial charge in [0.1, 0.15) is 11.5 Å². The number of nitrogens with zero attached hydrogens (tertiary/aromatic N) is 5. The number of hydrogen-bond donors (Lipinski definition) is 0. The molecular weight excluding hydrogens is 430 g/mol. The minimum atomic E-state index is -0.330. The fraction of sp³-hybridized carbons (Fsp3) is 0.346. The number of para-hydroxylation sites is 1. The highest BCUT2D eigenvalue weighted by molar-refractivity contribution is 5.77. The van der Waals surface area contributed by atoms with Gasteiger partial charge in [-0.25, -0.2) is 4.79 Å². The van der Waals surface area contributed by atoms with Crippen molar-refractivity contribution in [2.75, 3.05) is 11.4 Å². The van der Waals surface area contributed by atoms with Crippen LogP contribution >= 0.6 is 0 Å². The molecule has 0 spiro atoms. The Morgan fingerprint density at radius 2 is 1.68 bits per heavy atom. The Morgan fingerprint density at radius 1 is 1.00 bits per heavy atom. The summed E-state index contributed by atoms with van der Waals surface area (Å²) in [5.41, 5.74) is 1.26. The van der Waals surface area contributed by atoms with E-state index in [1.807, 2.05) is 73.0 Å². The Hall–Kier alpha value is -3.81. The summed E-state index contributed by atoms with van der Waals surface area (Å²) < 4.78 is 10.7. The van der Waals surface area contributed by atoms with Crippen molar-refractivity contribution in [3.8, 4) is 11.5 Å². The van der Waals surface area contributed by atoms with E-state index in [-0.39, 0.29) is 17.2 Å². The molecule has 176 valence electrons. The molecule has 0 aliphatic carbocycles. The van der Waals surface area contributed by atoms with Crippen LogP contribution in [-0.2, 0) is 20.1 Å². The van der Waals surface area contributed by atoms with E-state index in [1.165, 1.54) is 9.13 Å². The third kappa shape index (κ3) is 3.79. The number of rotatable bonds is 5. The maximum Gasteiger partial charge on any atom is 0.332 e. The molecule has 2 aromatic carbocycles. The van der Waals surface area contributed by atoms with Crippen LogP contribution in [0.1, 0.15) is 20.8 Å². The first-order chi connectivity index (χ1) is 16.3. The molecule has 2 aromatic heterocycles. The summed E-state index contributed by atoms with van der Waals surface area (Å²) in [5, 5.41) is 0. The number of imidazole rings is 1. The lowest BCUT2D eigenvalue weighted by molar-refractivity contribution is 0.454.